The Morgan fingerprint density at radius 3 is 2.29 bits per heavy atom. The number of hydrogen-bond donors (Lipinski definition) is 1. The number of amides is 2. The van der Waals surface area contributed by atoms with E-state index in [4.69, 9.17) is 34.8 Å². The molecule has 1 aliphatic rings. The van der Waals surface area contributed by atoms with Gasteiger partial charge in [-0.3, -0.25) is 9.59 Å². The Morgan fingerprint density at radius 1 is 1.00 bits per heavy atom. The lowest BCUT2D eigenvalue weighted by Gasteiger charge is -2.33. The second-order valence-corrected chi connectivity index (χ2v) is 10.8. The number of benzene rings is 2. The van der Waals surface area contributed by atoms with Gasteiger partial charge in [-0.15, -0.1) is 11.8 Å². The molecule has 0 saturated heterocycles. The lowest BCUT2D eigenvalue weighted by atomic mass is 9.95. The van der Waals surface area contributed by atoms with Crippen LogP contribution < -0.4 is 5.32 Å². The molecule has 0 radical (unpaired) electrons. The van der Waals surface area contributed by atoms with Crippen molar-refractivity contribution in [3.63, 3.8) is 0 Å². The fourth-order valence-corrected chi connectivity index (χ4v) is 6.11. The standard InChI is InChI=1S/C26H31Cl3N2O2S/c1-2-24(26(33)30-19-10-4-3-5-11-19)31(15-18-9-6-7-12-21(18)27)25(32)17-34-16-20-22(28)13-8-14-23(20)29/h6-9,12-14,19,24H,2-5,10-11,15-17H2,1H3,(H,30,33)/t24-/m0/s1. The van der Waals surface area contributed by atoms with E-state index in [-0.39, 0.29) is 30.2 Å². The summed E-state index contributed by atoms with van der Waals surface area (Å²) in [5.41, 5.74) is 1.63. The summed E-state index contributed by atoms with van der Waals surface area (Å²) < 4.78 is 0. The fourth-order valence-electron chi connectivity index (χ4n) is 4.27. The van der Waals surface area contributed by atoms with Crippen LogP contribution in [0.1, 0.15) is 56.6 Å². The van der Waals surface area contributed by atoms with Crippen molar-refractivity contribution in [1.29, 1.82) is 0 Å². The van der Waals surface area contributed by atoms with Crippen molar-refractivity contribution in [3.8, 4) is 0 Å². The van der Waals surface area contributed by atoms with E-state index in [0.717, 1.165) is 36.8 Å². The van der Waals surface area contributed by atoms with Gasteiger partial charge in [0, 0.05) is 33.4 Å². The summed E-state index contributed by atoms with van der Waals surface area (Å²) in [5.74, 6) is 0.516. The Bertz CT molecular complexity index is 962. The average molecular weight is 542 g/mol. The van der Waals surface area contributed by atoms with Gasteiger partial charge >= 0.3 is 0 Å². The molecule has 1 saturated carbocycles. The Morgan fingerprint density at radius 2 is 1.65 bits per heavy atom. The monoisotopic (exact) mass is 540 g/mol. The number of nitrogens with one attached hydrogen (secondary N) is 1. The quantitative estimate of drug-likeness (QED) is 0.348. The highest BCUT2D eigenvalue weighted by Gasteiger charge is 2.30. The van der Waals surface area contributed by atoms with Crippen molar-refractivity contribution in [2.24, 2.45) is 0 Å². The van der Waals surface area contributed by atoms with Gasteiger partial charge in [0.15, 0.2) is 0 Å². The van der Waals surface area contributed by atoms with Crippen LogP contribution in [-0.4, -0.2) is 34.6 Å². The van der Waals surface area contributed by atoms with Gasteiger partial charge in [-0.1, -0.05) is 85.3 Å². The highest BCUT2D eigenvalue weighted by Crippen LogP contribution is 2.29. The Labute approximate surface area is 221 Å². The SMILES string of the molecule is CC[C@@H](C(=O)NC1CCCCC1)N(Cc1ccccc1Cl)C(=O)CSCc1c(Cl)cccc1Cl. The van der Waals surface area contributed by atoms with Crippen molar-refractivity contribution in [1.82, 2.24) is 10.2 Å². The molecule has 1 N–H and O–H groups in total. The summed E-state index contributed by atoms with van der Waals surface area (Å²) in [6.07, 6.45) is 5.99. The molecular weight excluding hydrogens is 511 g/mol. The summed E-state index contributed by atoms with van der Waals surface area (Å²) in [6.45, 7) is 2.22. The maximum Gasteiger partial charge on any atom is 0.243 e. The van der Waals surface area contributed by atoms with E-state index in [9.17, 15) is 9.59 Å². The van der Waals surface area contributed by atoms with E-state index in [1.54, 1.807) is 29.2 Å². The highest BCUT2D eigenvalue weighted by atomic mass is 35.5. The van der Waals surface area contributed by atoms with Gasteiger partial charge in [-0.25, -0.2) is 0 Å². The Kier molecular flexibility index (Phi) is 10.9. The Balaban J connectivity index is 1.73. The molecule has 0 aromatic heterocycles. The second kappa shape index (κ2) is 13.6. The lowest BCUT2D eigenvalue weighted by Crippen LogP contribution is -2.52. The van der Waals surface area contributed by atoms with Crippen molar-refractivity contribution >= 4 is 58.4 Å². The predicted octanol–water partition coefficient (Wildman–Crippen LogP) is 7.14. The van der Waals surface area contributed by atoms with Crippen LogP contribution in [0.3, 0.4) is 0 Å². The minimum absolute atomic E-state index is 0.0889. The molecule has 4 nitrogen and oxygen atoms in total. The molecule has 2 aromatic rings. The van der Waals surface area contributed by atoms with Crippen LogP contribution in [0.25, 0.3) is 0 Å². The molecule has 0 aliphatic heterocycles. The third kappa shape index (κ3) is 7.55. The minimum atomic E-state index is -0.560. The van der Waals surface area contributed by atoms with Gasteiger partial charge in [-0.2, -0.15) is 0 Å². The number of hydrogen-bond acceptors (Lipinski definition) is 3. The molecule has 0 bridgehead atoms. The van der Waals surface area contributed by atoms with Crippen LogP contribution in [0.15, 0.2) is 42.5 Å². The van der Waals surface area contributed by atoms with Crippen molar-refractivity contribution < 1.29 is 9.59 Å². The van der Waals surface area contributed by atoms with E-state index < -0.39 is 6.04 Å². The zero-order valence-electron chi connectivity index (χ0n) is 19.4. The van der Waals surface area contributed by atoms with Crippen LogP contribution >= 0.6 is 46.6 Å². The van der Waals surface area contributed by atoms with Crippen LogP contribution in [0.4, 0.5) is 0 Å². The fraction of sp³-hybridized carbons (Fsp3) is 0.462. The first kappa shape index (κ1) is 27.2. The summed E-state index contributed by atoms with van der Waals surface area (Å²) in [7, 11) is 0. The zero-order chi connectivity index (χ0) is 24.5. The van der Waals surface area contributed by atoms with E-state index in [1.165, 1.54) is 18.2 Å². The van der Waals surface area contributed by atoms with E-state index in [0.29, 0.717) is 27.2 Å². The van der Waals surface area contributed by atoms with E-state index in [2.05, 4.69) is 5.32 Å². The Hall–Kier alpha value is -1.40. The van der Waals surface area contributed by atoms with Crippen molar-refractivity contribution in [2.75, 3.05) is 5.75 Å². The maximum atomic E-state index is 13.4. The second-order valence-electron chi connectivity index (χ2n) is 8.57. The van der Waals surface area contributed by atoms with Gasteiger partial charge in [0.05, 0.1) is 5.75 Å². The van der Waals surface area contributed by atoms with Gasteiger partial charge in [-0.05, 0) is 48.6 Å². The first-order valence-corrected chi connectivity index (χ1v) is 14.0. The first-order chi connectivity index (χ1) is 16.4. The normalized spacial score (nSPS) is 15.1. The largest absolute Gasteiger partial charge is 0.352 e. The molecule has 34 heavy (non-hydrogen) atoms. The zero-order valence-corrected chi connectivity index (χ0v) is 22.5. The van der Waals surface area contributed by atoms with Crippen molar-refractivity contribution in [3.05, 3.63) is 68.7 Å². The van der Waals surface area contributed by atoms with E-state index >= 15 is 0 Å². The summed E-state index contributed by atoms with van der Waals surface area (Å²) in [4.78, 5) is 28.4. The van der Waals surface area contributed by atoms with Gasteiger partial charge in [0.1, 0.15) is 6.04 Å². The number of halogens is 3. The molecule has 1 fully saturated rings. The minimum Gasteiger partial charge on any atom is -0.352 e. The van der Waals surface area contributed by atoms with E-state index in [1.807, 2.05) is 25.1 Å². The molecule has 0 heterocycles. The number of carbonyl (C=O) groups is 2. The topological polar surface area (TPSA) is 49.4 Å². The summed E-state index contributed by atoms with van der Waals surface area (Å²) in [5, 5.41) is 4.94. The molecule has 1 aliphatic carbocycles. The summed E-state index contributed by atoms with van der Waals surface area (Å²) in [6, 6.07) is 12.4. The number of carbonyl (C=O) groups excluding carboxylic acids is 2. The van der Waals surface area contributed by atoms with Crippen LogP contribution in [0.2, 0.25) is 15.1 Å². The molecule has 184 valence electrons. The molecule has 2 amide bonds. The van der Waals surface area contributed by atoms with Crippen LogP contribution in [0.5, 0.6) is 0 Å². The van der Waals surface area contributed by atoms with Crippen LogP contribution in [0, 0.1) is 0 Å². The van der Waals surface area contributed by atoms with Gasteiger partial charge in [0.25, 0.3) is 0 Å². The molecule has 8 heteroatoms. The number of nitrogens with zero attached hydrogens (tertiary/aromatic N) is 1. The first-order valence-electron chi connectivity index (χ1n) is 11.7. The molecule has 0 spiro atoms. The summed E-state index contributed by atoms with van der Waals surface area (Å²) >= 11 is 20.4. The maximum absolute atomic E-state index is 13.4. The number of rotatable bonds is 10. The van der Waals surface area contributed by atoms with Crippen LogP contribution in [-0.2, 0) is 21.9 Å². The molecule has 0 unspecified atom stereocenters. The van der Waals surface area contributed by atoms with Gasteiger partial charge in [0.2, 0.25) is 11.8 Å². The molecule has 1 atom stereocenters. The predicted molar refractivity (Wildman–Crippen MR) is 144 cm³/mol. The molecule has 2 aromatic carbocycles. The van der Waals surface area contributed by atoms with Crippen molar-refractivity contribution in [2.45, 2.75) is 69.8 Å². The molecule has 3 rings (SSSR count). The third-order valence-corrected chi connectivity index (χ3v) is 8.19. The van der Waals surface area contributed by atoms with Gasteiger partial charge < -0.3 is 10.2 Å². The average Bonchev–Trinajstić information content (AvgIpc) is 2.82. The smallest absolute Gasteiger partial charge is 0.243 e. The lowest BCUT2D eigenvalue weighted by molar-refractivity contribution is -0.139. The third-order valence-electron chi connectivity index (χ3n) is 6.17. The molecular formula is C26H31Cl3N2O2S. The highest BCUT2D eigenvalue weighted by molar-refractivity contribution is 7.99. The number of thioether (sulfide) groups is 1.